The maximum absolute atomic E-state index is 5.56. The molecular weight excluding hydrogens is 242 g/mol. The number of nitrogens with zero attached hydrogens (tertiary/aromatic N) is 3. The van der Waals surface area contributed by atoms with Gasteiger partial charge in [0.1, 0.15) is 0 Å². The molecule has 1 saturated heterocycles. The van der Waals surface area contributed by atoms with E-state index in [1.54, 1.807) is 0 Å². The van der Waals surface area contributed by atoms with E-state index in [4.69, 9.17) is 12.2 Å². The van der Waals surface area contributed by atoms with Crippen molar-refractivity contribution in [2.45, 2.75) is 25.9 Å². The van der Waals surface area contributed by atoms with Gasteiger partial charge in [0.2, 0.25) is 0 Å². The van der Waals surface area contributed by atoms with E-state index in [1.165, 1.54) is 43.4 Å². The number of benzene rings is 1. The predicted octanol–water partition coefficient (Wildman–Crippen LogP) is 3.15. The predicted molar refractivity (Wildman–Crippen MR) is 77.2 cm³/mol. The Labute approximate surface area is 113 Å². The normalized spacial score (nSPS) is 17.4. The highest BCUT2D eigenvalue weighted by molar-refractivity contribution is 7.71. The highest BCUT2D eigenvalue weighted by Crippen LogP contribution is 2.18. The number of likely N-dealkylation sites (tertiary alicyclic amines) is 1. The number of hydrogen-bond acceptors (Lipinski definition) is 2. The number of hydrogen-bond donors (Lipinski definition) is 0. The molecule has 1 aromatic heterocycles. The summed E-state index contributed by atoms with van der Waals surface area (Å²) in [5.74, 6) is 0. The summed E-state index contributed by atoms with van der Waals surface area (Å²) in [5.41, 5.74) is 2.47. The zero-order valence-corrected chi connectivity index (χ0v) is 11.6. The number of rotatable bonds is 2. The van der Waals surface area contributed by atoms with Crippen LogP contribution in [0, 0.1) is 4.77 Å². The van der Waals surface area contributed by atoms with E-state index in [2.05, 4.69) is 45.3 Å². The molecule has 1 aliphatic rings. The first-order valence-electron chi connectivity index (χ1n) is 6.64. The minimum Gasteiger partial charge on any atom is -0.320 e. The summed E-state index contributed by atoms with van der Waals surface area (Å²) < 4.78 is 5.28. The van der Waals surface area contributed by atoms with Crippen LogP contribution < -0.4 is 0 Å². The number of piperidine rings is 1. The average Bonchev–Trinajstić information content (AvgIpc) is 2.66. The van der Waals surface area contributed by atoms with Crippen LogP contribution in [-0.2, 0) is 13.7 Å². The Morgan fingerprint density at radius 3 is 2.44 bits per heavy atom. The molecule has 0 amide bonds. The number of fused-ring (bicyclic) bond motifs is 1. The topological polar surface area (TPSA) is 13.1 Å². The zero-order valence-electron chi connectivity index (χ0n) is 10.8. The molecule has 4 heteroatoms. The molecule has 3 nitrogen and oxygen atoms in total. The fraction of sp³-hybridized carbons (Fsp3) is 0.500. The second-order valence-electron chi connectivity index (χ2n) is 5.08. The number of imidazole rings is 1. The van der Waals surface area contributed by atoms with Gasteiger partial charge < -0.3 is 9.13 Å². The Hall–Kier alpha value is -1.13. The molecule has 2 heterocycles. The fourth-order valence-electron chi connectivity index (χ4n) is 2.80. The third-order valence-electron chi connectivity index (χ3n) is 3.84. The summed E-state index contributed by atoms with van der Waals surface area (Å²) in [6, 6.07) is 8.46. The molecule has 0 atom stereocenters. The van der Waals surface area contributed by atoms with E-state index in [1.807, 2.05) is 0 Å². The number of para-hydroxylation sites is 2. The molecule has 0 N–H and O–H groups in total. The molecule has 18 heavy (non-hydrogen) atoms. The van der Waals surface area contributed by atoms with Crippen LogP contribution in [0.3, 0.4) is 0 Å². The van der Waals surface area contributed by atoms with E-state index in [0.29, 0.717) is 0 Å². The molecule has 0 unspecified atom stereocenters. The summed E-state index contributed by atoms with van der Waals surface area (Å²) in [4.78, 5) is 2.51. The van der Waals surface area contributed by atoms with Crippen LogP contribution in [0.5, 0.6) is 0 Å². The van der Waals surface area contributed by atoms with Crippen LogP contribution in [0.15, 0.2) is 24.3 Å². The van der Waals surface area contributed by atoms with Gasteiger partial charge in [0.05, 0.1) is 17.7 Å². The quantitative estimate of drug-likeness (QED) is 0.770. The van der Waals surface area contributed by atoms with Gasteiger partial charge in [-0.3, -0.25) is 4.90 Å². The first kappa shape index (κ1) is 11.9. The molecular formula is C14H19N3S. The maximum atomic E-state index is 5.56. The average molecular weight is 261 g/mol. The molecule has 1 aliphatic heterocycles. The Kier molecular flexibility index (Phi) is 3.22. The molecule has 96 valence electrons. The van der Waals surface area contributed by atoms with Gasteiger partial charge >= 0.3 is 0 Å². The third-order valence-corrected chi connectivity index (χ3v) is 4.34. The van der Waals surface area contributed by atoms with Gasteiger partial charge in [0.25, 0.3) is 0 Å². The van der Waals surface area contributed by atoms with Crippen molar-refractivity contribution in [1.29, 1.82) is 0 Å². The minimum atomic E-state index is 0.918. The largest absolute Gasteiger partial charge is 0.320 e. The molecule has 2 aromatic rings. The Morgan fingerprint density at radius 1 is 1.06 bits per heavy atom. The molecule has 1 aromatic carbocycles. The van der Waals surface area contributed by atoms with Crippen LogP contribution in [0.4, 0.5) is 0 Å². The van der Waals surface area contributed by atoms with Crippen LogP contribution in [0.2, 0.25) is 0 Å². The van der Waals surface area contributed by atoms with Crippen molar-refractivity contribution in [2.24, 2.45) is 7.05 Å². The highest BCUT2D eigenvalue weighted by Gasteiger charge is 2.13. The molecule has 0 radical (unpaired) electrons. The van der Waals surface area contributed by atoms with Gasteiger partial charge in [0, 0.05) is 7.05 Å². The minimum absolute atomic E-state index is 0.918. The number of aryl methyl sites for hydroxylation is 1. The smallest absolute Gasteiger partial charge is 0.181 e. The summed E-state index contributed by atoms with van der Waals surface area (Å²) in [5, 5.41) is 0. The van der Waals surface area contributed by atoms with Gasteiger partial charge in [-0.15, -0.1) is 0 Å². The summed E-state index contributed by atoms with van der Waals surface area (Å²) in [6.07, 6.45) is 4.01. The monoisotopic (exact) mass is 261 g/mol. The van der Waals surface area contributed by atoms with Crippen LogP contribution in [-0.4, -0.2) is 27.1 Å². The van der Waals surface area contributed by atoms with Crippen molar-refractivity contribution < 1.29 is 0 Å². The van der Waals surface area contributed by atoms with E-state index in [-0.39, 0.29) is 0 Å². The number of aromatic nitrogens is 2. The SMILES string of the molecule is Cn1c(=S)n(CN2CCCCC2)c2ccccc21. The lowest BCUT2D eigenvalue weighted by molar-refractivity contribution is 0.183. The van der Waals surface area contributed by atoms with Gasteiger partial charge in [-0.2, -0.15) is 0 Å². The fourth-order valence-corrected chi connectivity index (χ4v) is 3.06. The summed E-state index contributed by atoms with van der Waals surface area (Å²) in [6.45, 7) is 3.33. The standard InChI is InChI=1S/C14H19N3S/c1-15-12-7-3-4-8-13(12)17(14(15)18)11-16-9-5-2-6-10-16/h3-4,7-8H,2,5-6,9-11H2,1H3. The van der Waals surface area contributed by atoms with Gasteiger partial charge in [0.15, 0.2) is 4.77 Å². The molecule has 0 saturated carbocycles. The van der Waals surface area contributed by atoms with E-state index < -0.39 is 0 Å². The van der Waals surface area contributed by atoms with E-state index in [0.717, 1.165) is 11.4 Å². The Morgan fingerprint density at radius 2 is 1.72 bits per heavy atom. The molecule has 3 rings (SSSR count). The van der Waals surface area contributed by atoms with E-state index in [9.17, 15) is 0 Å². The van der Waals surface area contributed by atoms with Crippen LogP contribution >= 0.6 is 12.2 Å². The van der Waals surface area contributed by atoms with Gasteiger partial charge in [-0.25, -0.2) is 0 Å². The molecule has 0 bridgehead atoms. The van der Waals surface area contributed by atoms with Crippen LogP contribution in [0.25, 0.3) is 11.0 Å². The second-order valence-corrected chi connectivity index (χ2v) is 5.44. The van der Waals surface area contributed by atoms with Crippen molar-refractivity contribution in [3.8, 4) is 0 Å². The van der Waals surface area contributed by atoms with Crippen LogP contribution in [0.1, 0.15) is 19.3 Å². The van der Waals surface area contributed by atoms with Crippen molar-refractivity contribution >= 4 is 23.3 Å². The molecule has 0 aliphatic carbocycles. The summed E-state index contributed by atoms with van der Waals surface area (Å²) in [7, 11) is 2.05. The van der Waals surface area contributed by atoms with Gasteiger partial charge in [-0.1, -0.05) is 18.6 Å². The first-order chi connectivity index (χ1) is 8.77. The first-order valence-corrected chi connectivity index (χ1v) is 7.05. The lowest BCUT2D eigenvalue weighted by atomic mass is 10.1. The van der Waals surface area contributed by atoms with E-state index >= 15 is 0 Å². The molecule has 1 fully saturated rings. The van der Waals surface area contributed by atoms with Crippen molar-refractivity contribution in [3.63, 3.8) is 0 Å². The lowest BCUT2D eigenvalue weighted by Crippen LogP contribution is -2.31. The zero-order chi connectivity index (χ0) is 12.5. The van der Waals surface area contributed by atoms with Crippen molar-refractivity contribution in [3.05, 3.63) is 29.0 Å². The third kappa shape index (κ3) is 1.99. The lowest BCUT2D eigenvalue weighted by Gasteiger charge is -2.26. The maximum Gasteiger partial charge on any atom is 0.181 e. The summed E-state index contributed by atoms with van der Waals surface area (Å²) >= 11 is 5.56. The Bertz CT molecular complexity index is 605. The van der Waals surface area contributed by atoms with Gasteiger partial charge in [-0.05, 0) is 50.3 Å². The Balaban J connectivity index is 2.00. The molecule has 0 spiro atoms. The second kappa shape index (κ2) is 4.86. The van der Waals surface area contributed by atoms with Crippen molar-refractivity contribution in [1.82, 2.24) is 14.0 Å². The van der Waals surface area contributed by atoms with Crippen molar-refractivity contribution in [2.75, 3.05) is 13.1 Å². The highest BCUT2D eigenvalue weighted by atomic mass is 32.1.